The Balaban J connectivity index is 2.01. The molecular formula is C12H17N5O. The molecule has 0 bridgehead atoms. The lowest BCUT2D eigenvalue weighted by molar-refractivity contribution is 0.0943. The van der Waals surface area contributed by atoms with Gasteiger partial charge in [0, 0.05) is 0 Å². The van der Waals surface area contributed by atoms with E-state index in [0.717, 1.165) is 25.9 Å². The predicted molar refractivity (Wildman–Crippen MR) is 66.9 cm³/mol. The van der Waals surface area contributed by atoms with Crippen LogP contribution in [0.1, 0.15) is 36.3 Å². The average Bonchev–Trinajstić information content (AvgIpc) is 2.89. The fourth-order valence-electron chi connectivity index (χ4n) is 1.94. The van der Waals surface area contributed by atoms with E-state index in [0.29, 0.717) is 11.7 Å². The first-order valence-electron chi connectivity index (χ1n) is 6.10. The van der Waals surface area contributed by atoms with Gasteiger partial charge in [-0.15, -0.1) is 11.5 Å². The predicted octanol–water partition coefficient (Wildman–Crippen LogP) is -0.0459. The molecule has 18 heavy (non-hydrogen) atoms. The lowest BCUT2D eigenvalue weighted by Gasteiger charge is -2.22. The van der Waals surface area contributed by atoms with E-state index in [1.807, 2.05) is 0 Å². The van der Waals surface area contributed by atoms with Gasteiger partial charge < -0.3 is 10.6 Å². The molecule has 1 fully saturated rings. The second-order valence-corrected chi connectivity index (χ2v) is 4.43. The number of aromatic nitrogens is 3. The molecule has 1 unspecified atom stereocenters. The zero-order chi connectivity index (χ0) is 13.0. The lowest BCUT2D eigenvalue weighted by atomic mass is 10.1. The van der Waals surface area contributed by atoms with E-state index in [4.69, 9.17) is 6.42 Å². The Hall–Kier alpha value is -1.87. The maximum atomic E-state index is 11.8. The van der Waals surface area contributed by atoms with E-state index < -0.39 is 0 Å². The van der Waals surface area contributed by atoms with Crippen LogP contribution in [0, 0.1) is 12.3 Å². The highest BCUT2D eigenvalue weighted by atomic mass is 16.2. The lowest BCUT2D eigenvalue weighted by Crippen LogP contribution is -2.31. The van der Waals surface area contributed by atoms with Crippen molar-refractivity contribution in [2.24, 2.45) is 0 Å². The summed E-state index contributed by atoms with van der Waals surface area (Å²) in [6.45, 7) is 3.69. The minimum Gasteiger partial charge on any atom is -0.337 e. The van der Waals surface area contributed by atoms with Crippen molar-refractivity contribution in [3.63, 3.8) is 0 Å². The summed E-state index contributed by atoms with van der Waals surface area (Å²) in [7, 11) is 0. The Bertz CT molecular complexity index is 455. The summed E-state index contributed by atoms with van der Waals surface area (Å²) < 4.78 is 1.77. The molecular weight excluding hydrogens is 230 g/mol. The van der Waals surface area contributed by atoms with Crippen LogP contribution in [-0.4, -0.2) is 40.0 Å². The molecule has 0 aromatic carbocycles. The zero-order valence-corrected chi connectivity index (χ0v) is 10.4. The van der Waals surface area contributed by atoms with E-state index in [-0.39, 0.29) is 11.9 Å². The maximum Gasteiger partial charge on any atom is 0.274 e. The molecule has 1 atom stereocenters. The number of carbonyl (C=O) groups excluding carboxylic acids is 1. The van der Waals surface area contributed by atoms with E-state index >= 15 is 0 Å². The van der Waals surface area contributed by atoms with Gasteiger partial charge in [0.1, 0.15) is 0 Å². The van der Waals surface area contributed by atoms with Gasteiger partial charge in [0.25, 0.3) is 5.91 Å². The van der Waals surface area contributed by atoms with Crippen molar-refractivity contribution in [1.82, 2.24) is 25.6 Å². The molecule has 1 aromatic heterocycles. The molecule has 1 aliphatic rings. The highest BCUT2D eigenvalue weighted by Gasteiger charge is 2.19. The molecule has 1 amide bonds. The largest absolute Gasteiger partial charge is 0.337 e. The van der Waals surface area contributed by atoms with Crippen LogP contribution in [0.4, 0.5) is 0 Å². The van der Waals surface area contributed by atoms with Crippen LogP contribution in [0.3, 0.4) is 0 Å². The number of hydrogen-bond donors (Lipinski definition) is 2. The fraction of sp³-hybridized carbons (Fsp3) is 0.583. The molecule has 0 aliphatic carbocycles. The highest BCUT2D eigenvalue weighted by Crippen LogP contribution is 2.16. The number of piperidine rings is 1. The number of terminal acetylenes is 1. The summed E-state index contributed by atoms with van der Waals surface area (Å²) in [4.78, 5) is 11.8. The maximum absolute atomic E-state index is 11.8. The van der Waals surface area contributed by atoms with Crippen LogP contribution in [0.5, 0.6) is 0 Å². The summed E-state index contributed by atoms with van der Waals surface area (Å²) >= 11 is 0. The minimum atomic E-state index is -0.304. The molecule has 2 heterocycles. The molecule has 2 N–H and O–H groups in total. The average molecular weight is 247 g/mol. The number of hydrogen-bond acceptors (Lipinski definition) is 4. The van der Waals surface area contributed by atoms with Crippen LogP contribution in [0.25, 0.3) is 0 Å². The normalized spacial score (nSPS) is 18.0. The Morgan fingerprint density at radius 1 is 1.67 bits per heavy atom. The van der Waals surface area contributed by atoms with Gasteiger partial charge in [-0.3, -0.25) is 4.79 Å². The Morgan fingerprint density at radius 2 is 2.39 bits per heavy atom. The molecule has 0 radical (unpaired) electrons. The van der Waals surface area contributed by atoms with Gasteiger partial charge in [0.05, 0.1) is 18.3 Å². The van der Waals surface area contributed by atoms with E-state index in [2.05, 4.69) is 26.9 Å². The van der Waals surface area contributed by atoms with Gasteiger partial charge >= 0.3 is 0 Å². The van der Waals surface area contributed by atoms with Crippen molar-refractivity contribution in [2.45, 2.75) is 31.8 Å². The van der Waals surface area contributed by atoms with Crippen molar-refractivity contribution in [2.75, 3.05) is 13.1 Å². The SMILES string of the molecule is C#CC(C)NC(=O)c1cn(C2CCNCC2)nn1. The summed E-state index contributed by atoms with van der Waals surface area (Å²) in [6.07, 6.45) is 8.91. The fourth-order valence-corrected chi connectivity index (χ4v) is 1.94. The molecule has 0 saturated carbocycles. The third-order valence-electron chi connectivity index (χ3n) is 3.02. The van der Waals surface area contributed by atoms with E-state index in [1.54, 1.807) is 17.8 Å². The molecule has 2 rings (SSSR count). The van der Waals surface area contributed by atoms with Gasteiger partial charge in [0.15, 0.2) is 5.69 Å². The summed E-state index contributed by atoms with van der Waals surface area (Å²) in [5, 5.41) is 13.9. The van der Waals surface area contributed by atoms with Gasteiger partial charge in [-0.25, -0.2) is 4.68 Å². The van der Waals surface area contributed by atoms with Crippen molar-refractivity contribution >= 4 is 5.91 Å². The van der Waals surface area contributed by atoms with Crippen molar-refractivity contribution < 1.29 is 4.79 Å². The summed E-state index contributed by atoms with van der Waals surface area (Å²) in [5.41, 5.74) is 0.315. The highest BCUT2D eigenvalue weighted by molar-refractivity contribution is 5.92. The smallest absolute Gasteiger partial charge is 0.274 e. The minimum absolute atomic E-state index is 0.277. The Kier molecular flexibility index (Phi) is 3.95. The quantitative estimate of drug-likeness (QED) is 0.735. The van der Waals surface area contributed by atoms with E-state index in [9.17, 15) is 4.79 Å². The van der Waals surface area contributed by atoms with Gasteiger partial charge in [-0.1, -0.05) is 11.1 Å². The van der Waals surface area contributed by atoms with Crippen LogP contribution in [-0.2, 0) is 0 Å². The number of carbonyl (C=O) groups is 1. The van der Waals surface area contributed by atoms with Crippen LogP contribution in [0.2, 0.25) is 0 Å². The van der Waals surface area contributed by atoms with Crippen LogP contribution >= 0.6 is 0 Å². The van der Waals surface area contributed by atoms with Crippen molar-refractivity contribution in [3.8, 4) is 12.3 Å². The van der Waals surface area contributed by atoms with Gasteiger partial charge in [0.2, 0.25) is 0 Å². The monoisotopic (exact) mass is 247 g/mol. The third-order valence-corrected chi connectivity index (χ3v) is 3.02. The molecule has 96 valence electrons. The number of rotatable bonds is 3. The van der Waals surface area contributed by atoms with Crippen molar-refractivity contribution in [1.29, 1.82) is 0 Å². The Morgan fingerprint density at radius 3 is 3.06 bits per heavy atom. The van der Waals surface area contributed by atoms with Crippen molar-refractivity contribution in [3.05, 3.63) is 11.9 Å². The second kappa shape index (κ2) is 5.65. The Labute approximate surface area is 106 Å². The molecule has 1 aliphatic heterocycles. The number of amides is 1. The molecule has 6 nitrogen and oxygen atoms in total. The molecule has 6 heteroatoms. The first kappa shape index (κ1) is 12.6. The molecule has 1 aromatic rings. The van der Waals surface area contributed by atoms with Crippen LogP contribution in [0.15, 0.2) is 6.20 Å². The molecule has 0 spiro atoms. The standard InChI is InChI=1S/C12H17N5O/c1-3-9(2)14-12(18)11-8-17(16-15-11)10-4-6-13-7-5-10/h1,8-10,13H,4-7H2,2H3,(H,14,18). The van der Waals surface area contributed by atoms with Gasteiger partial charge in [-0.2, -0.15) is 0 Å². The first-order valence-corrected chi connectivity index (χ1v) is 6.10. The third kappa shape index (κ3) is 2.87. The number of nitrogens with zero attached hydrogens (tertiary/aromatic N) is 3. The summed E-state index contributed by atoms with van der Waals surface area (Å²) in [5.74, 6) is 2.16. The second-order valence-electron chi connectivity index (χ2n) is 4.43. The van der Waals surface area contributed by atoms with E-state index in [1.165, 1.54) is 0 Å². The summed E-state index contributed by atoms with van der Waals surface area (Å²) in [6, 6.07) is 0.0203. The zero-order valence-electron chi connectivity index (χ0n) is 10.4. The number of nitrogens with one attached hydrogen (secondary N) is 2. The molecule has 1 saturated heterocycles. The van der Waals surface area contributed by atoms with Gasteiger partial charge in [-0.05, 0) is 32.9 Å². The first-order chi connectivity index (χ1) is 8.70. The van der Waals surface area contributed by atoms with Crippen LogP contribution < -0.4 is 10.6 Å². The topological polar surface area (TPSA) is 71.8 Å².